The number of benzene rings is 2. The van der Waals surface area contributed by atoms with Gasteiger partial charge in [0, 0.05) is 6.42 Å². The normalized spacial score (nSPS) is 17.1. The van der Waals surface area contributed by atoms with E-state index >= 15 is 0 Å². The van der Waals surface area contributed by atoms with E-state index in [1.165, 1.54) is 41.3 Å². The number of hydrogen-bond acceptors (Lipinski definition) is 4. The maximum absolute atomic E-state index is 13.4. The van der Waals surface area contributed by atoms with E-state index in [2.05, 4.69) is 0 Å². The van der Waals surface area contributed by atoms with Crippen molar-refractivity contribution in [1.29, 1.82) is 0 Å². The Morgan fingerprint density at radius 3 is 2.33 bits per heavy atom. The van der Waals surface area contributed by atoms with Crippen LogP contribution in [0.3, 0.4) is 0 Å². The lowest BCUT2D eigenvalue weighted by Crippen LogP contribution is -2.31. The predicted molar refractivity (Wildman–Crippen MR) is 98.9 cm³/mol. The highest BCUT2D eigenvalue weighted by Gasteiger charge is 2.44. The fraction of sp³-hybridized carbons (Fsp3) is 0.238. The molecular formula is C21H20FNO4. The van der Waals surface area contributed by atoms with E-state index in [1.807, 2.05) is 13.8 Å². The number of anilines is 1. The first-order valence-electron chi connectivity index (χ1n) is 8.64. The topological polar surface area (TPSA) is 77.8 Å². The van der Waals surface area contributed by atoms with Crippen LogP contribution in [0, 0.1) is 11.7 Å². The molecule has 140 valence electrons. The minimum absolute atomic E-state index is 0.0287. The summed E-state index contributed by atoms with van der Waals surface area (Å²) in [5.74, 6) is -2.37. The first kappa shape index (κ1) is 18.6. The van der Waals surface area contributed by atoms with Crippen LogP contribution in [0.25, 0.3) is 0 Å². The molecule has 0 radical (unpaired) electrons. The van der Waals surface area contributed by atoms with Crippen LogP contribution < -0.4 is 4.90 Å². The summed E-state index contributed by atoms with van der Waals surface area (Å²) in [4.78, 5) is 26.8. The number of Topliss-reactive ketones (excluding diaryl/α,β-unsaturated/α-hetero) is 1. The summed E-state index contributed by atoms with van der Waals surface area (Å²) >= 11 is 0. The Balaban J connectivity index is 2.17. The number of phenols is 1. The van der Waals surface area contributed by atoms with Crippen LogP contribution in [-0.4, -0.2) is 21.9 Å². The fourth-order valence-corrected chi connectivity index (χ4v) is 3.25. The highest BCUT2D eigenvalue weighted by atomic mass is 19.1. The van der Waals surface area contributed by atoms with Crippen molar-refractivity contribution in [3.8, 4) is 5.75 Å². The average Bonchev–Trinajstić information content (AvgIpc) is 2.87. The molecule has 1 heterocycles. The lowest BCUT2D eigenvalue weighted by Gasteiger charge is -2.27. The van der Waals surface area contributed by atoms with Gasteiger partial charge >= 0.3 is 0 Å². The van der Waals surface area contributed by atoms with Crippen molar-refractivity contribution < 1.29 is 24.2 Å². The molecule has 3 rings (SSSR count). The maximum atomic E-state index is 13.4. The quantitative estimate of drug-likeness (QED) is 0.834. The summed E-state index contributed by atoms with van der Waals surface area (Å²) in [5.41, 5.74) is 0.587. The van der Waals surface area contributed by atoms with Crippen LogP contribution in [0.1, 0.15) is 31.9 Å². The van der Waals surface area contributed by atoms with Gasteiger partial charge in [-0.1, -0.05) is 38.1 Å². The van der Waals surface area contributed by atoms with Gasteiger partial charge in [0.05, 0.1) is 17.3 Å². The van der Waals surface area contributed by atoms with Crippen molar-refractivity contribution >= 4 is 17.4 Å². The van der Waals surface area contributed by atoms with Gasteiger partial charge in [-0.3, -0.25) is 14.5 Å². The third-order valence-corrected chi connectivity index (χ3v) is 4.43. The van der Waals surface area contributed by atoms with Crippen molar-refractivity contribution in [2.24, 2.45) is 5.92 Å². The molecule has 1 unspecified atom stereocenters. The van der Waals surface area contributed by atoms with Crippen LogP contribution in [-0.2, 0) is 9.59 Å². The average molecular weight is 369 g/mol. The lowest BCUT2D eigenvalue weighted by molar-refractivity contribution is -0.118. The molecule has 2 N–H and O–H groups in total. The molecule has 1 aliphatic heterocycles. The van der Waals surface area contributed by atoms with Gasteiger partial charge in [0.2, 0.25) is 0 Å². The first-order valence-corrected chi connectivity index (χ1v) is 8.64. The number of aliphatic hydroxyl groups is 1. The second-order valence-electron chi connectivity index (χ2n) is 6.90. The molecule has 6 heteroatoms. The Morgan fingerprint density at radius 2 is 1.74 bits per heavy atom. The first-order chi connectivity index (χ1) is 12.8. The molecular weight excluding hydrogens is 349 g/mol. The minimum atomic E-state index is -0.947. The third kappa shape index (κ3) is 3.43. The van der Waals surface area contributed by atoms with E-state index in [0.717, 1.165) is 0 Å². The smallest absolute Gasteiger partial charge is 0.294 e. The Labute approximate surface area is 156 Å². The van der Waals surface area contributed by atoms with Crippen molar-refractivity contribution in [1.82, 2.24) is 0 Å². The molecule has 0 aliphatic carbocycles. The van der Waals surface area contributed by atoms with Gasteiger partial charge < -0.3 is 10.2 Å². The SMILES string of the molecule is CC(C)CC(=O)C1=C(O)C(=O)N(c2ccccc2O)C1c1ccc(F)cc1. The zero-order chi connectivity index (χ0) is 19.7. The van der Waals surface area contributed by atoms with Gasteiger partial charge in [-0.05, 0) is 35.7 Å². The number of aromatic hydroxyl groups is 1. The van der Waals surface area contributed by atoms with Gasteiger partial charge in [-0.25, -0.2) is 4.39 Å². The molecule has 1 atom stereocenters. The van der Waals surface area contributed by atoms with Gasteiger partial charge in [0.1, 0.15) is 11.6 Å². The van der Waals surface area contributed by atoms with Crippen LogP contribution in [0.5, 0.6) is 5.75 Å². The molecule has 0 saturated carbocycles. The number of nitrogens with zero attached hydrogens (tertiary/aromatic N) is 1. The third-order valence-electron chi connectivity index (χ3n) is 4.43. The monoisotopic (exact) mass is 369 g/mol. The molecule has 27 heavy (non-hydrogen) atoms. The number of aliphatic hydroxyl groups excluding tert-OH is 1. The van der Waals surface area contributed by atoms with Crippen LogP contribution in [0.2, 0.25) is 0 Å². The van der Waals surface area contributed by atoms with Crippen molar-refractivity contribution in [3.05, 3.63) is 71.2 Å². The van der Waals surface area contributed by atoms with Gasteiger partial charge in [-0.2, -0.15) is 0 Å². The summed E-state index contributed by atoms with van der Waals surface area (Å²) in [6.45, 7) is 3.72. The number of halogens is 1. The summed E-state index contributed by atoms with van der Waals surface area (Å²) in [7, 11) is 0. The summed E-state index contributed by atoms with van der Waals surface area (Å²) in [5, 5.41) is 20.7. The maximum Gasteiger partial charge on any atom is 0.294 e. The summed E-state index contributed by atoms with van der Waals surface area (Å²) < 4.78 is 13.4. The molecule has 5 nitrogen and oxygen atoms in total. The second-order valence-corrected chi connectivity index (χ2v) is 6.90. The van der Waals surface area contributed by atoms with Gasteiger partial charge in [-0.15, -0.1) is 0 Å². The second kappa shape index (κ2) is 7.23. The van der Waals surface area contributed by atoms with Crippen LogP contribution >= 0.6 is 0 Å². The number of rotatable bonds is 5. The molecule has 0 spiro atoms. The number of para-hydroxylation sites is 2. The number of carbonyl (C=O) groups excluding carboxylic acids is 2. The number of phenolic OH excluding ortho intramolecular Hbond substituents is 1. The van der Waals surface area contributed by atoms with E-state index in [1.54, 1.807) is 12.1 Å². The number of carbonyl (C=O) groups is 2. The van der Waals surface area contributed by atoms with Crippen LogP contribution in [0.4, 0.5) is 10.1 Å². The molecule has 1 aliphatic rings. The van der Waals surface area contributed by atoms with Gasteiger partial charge in [0.25, 0.3) is 5.91 Å². The van der Waals surface area contributed by atoms with Crippen LogP contribution in [0.15, 0.2) is 59.9 Å². The number of ketones is 1. The largest absolute Gasteiger partial charge is 0.506 e. The molecule has 0 fully saturated rings. The Morgan fingerprint density at radius 1 is 1.11 bits per heavy atom. The zero-order valence-electron chi connectivity index (χ0n) is 15.0. The predicted octanol–water partition coefficient (Wildman–Crippen LogP) is 4.05. The zero-order valence-corrected chi connectivity index (χ0v) is 15.0. The fourth-order valence-electron chi connectivity index (χ4n) is 3.25. The summed E-state index contributed by atoms with van der Waals surface area (Å²) in [6.07, 6.45) is 0.152. The number of amides is 1. The minimum Gasteiger partial charge on any atom is -0.506 e. The molecule has 0 bridgehead atoms. The van der Waals surface area contributed by atoms with Crippen molar-refractivity contribution in [2.45, 2.75) is 26.3 Å². The standard InChI is InChI=1S/C21H20FNO4/c1-12(2)11-17(25)18-19(13-7-9-14(22)10-8-13)23(21(27)20(18)26)15-5-3-4-6-16(15)24/h3-10,12,19,24,26H,11H2,1-2H3. The van der Waals surface area contributed by atoms with E-state index in [9.17, 15) is 24.2 Å². The van der Waals surface area contributed by atoms with E-state index < -0.39 is 23.5 Å². The molecule has 1 amide bonds. The highest BCUT2D eigenvalue weighted by molar-refractivity contribution is 6.17. The lowest BCUT2D eigenvalue weighted by atomic mass is 9.92. The van der Waals surface area contributed by atoms with E-state index in [4.69, 9.17) is 0 Å². The molecule has 2 aromatic carbocycles. The van der Waals surface area contributed by atoms with Crippen molar-refractivity contribution in [2.75, 3.05) is 4.90 Å². The molecule has 2 aromatic rings. The Hall–Kier alpha value is -3.15. The van der Waals surface area contributed by atoms with Crippen molar-refractivity contribution in [3.63, 3.8) is 0 Å². The van der Waals surface area contributed by atoms with Gasteiger partial charge in [0.15, 0.2) is 11.5 Å². The molecule has 0 saturated heterocycles. The highest BCUT2D eigenvalue weighted by Crippen LogP contribution is 2.44. The Kier molecular flexibility index (Phi) is 4.99. The summed E-state index contributed by atoms with van der Waals surface area (Å²) in [6, 6.07) is 10.6. The number of hydrogen-bond donors (Lipinski definition) is 2. The molecule has 0 aromatic heterocycles. The van der Waals surface area contributed by atoms with E-state index in [0.29, 0.717) is 5.56 Å². The Bertz CT molecular complexity index is 918. The van der Waals surface area contributed by atoms with E-state index in [-0.39, 0.29) is 35.1 Å².